The van der Waals surface area contributed by atoms with Gasteiger partial charge in [-0.3, -0.25) is 9.48 Å². The maximum absolute atomic E-state index is 14.9. The third-order valence-electron chi connectivity index (χ3n) is 5.21. The number of benzene rings is 1. The number of rotatable bonds is 8. The van der Waals surface area contributed by atoms with E-state index in [0.29, 0.717) is 28.9 Å². The Labute approximate surface area is 204 Å². The summed E-state index contributed by atoms with van der Waals surface area (Å²) in [6.45, 7) is 3.29. The average Bonchev–Trinajstić information content (AvgIpc) is 3.37. The molecule has 182 valence electrons. The molecule has 0 fully saturated rings. The molecule has 0 unspecified atom stereocenters. The van der Waals surface area contributed by atoms with Crippen LogP contribution in [0.4, 0.5) is 25.4 Å². The van der Waals surface area contributed by atoms with Crippen molar-refractivity contribution in [1.29, 1.82) is 0 Å². The molecule has 0 saturated heterocycles. The Hall–Kier alpha value is -3.83. The van der Waals surface area contributed by atoms with Gasteiger partial charge in [-0.05, 0) is 49.7 Å². The van der Waals surface area contributed by atoms with Gasteiger partial charge in [0.2, 0.25) is 0 Å². The van der Waals surface area contributed by atoms with Crippen molar-refractivity contribution in [3.8, 4) is 10.4 Å². The lowest BCUT2D eigenvalue weighted by Crippen LogP contribution is -2.16. The Bertz CT molecular complexity index is 1370. The molecule has 5 N–H and O–H groups in total. The third kappa shape index (κ3) is 5.47. The van der Waals surface area contributed by atoms with Gasteiger partial charge in [-0.25, -0.2) is 13.8 Å². The van der Waals surface area contributed by atoms with Gasteiger partial charge in [0, 0.05) is 24.2 Å². The van der Waals surface area contributed by atoms with Gasteiger partial charge in [-0.15, -0.1) is 11.3 Å². The minimum atomic E-state index is -1.41. The highest BCUT2D eigenvalue weighted by atomic mass is 32.1. The first-order valence-electron chi connectivity index (χ1n) is 10.6. The van der Waals surface area contributed by atoms with Crippen LogP contribution in [0, 0.1) is 11.6 Å². The monoisotopic (exact) mass is 498 g/mol. The van der Waals surface area contributed by atoms with Crippen LogP contribution in [0.15, 0.2) is 48.7 Å². The van der Waals surface area contributed by atoms with Crippen LogP contribution in [0.1, 0.15) is 35.5 Å². The van der Waals surface area contributed by atoms with E-state index in [-0.39, 0.29) is 21.6 Å². The number of anilines is 3. The fourth-order valence-electron chi connectivity index (χ4n) is 3.41. The number of halogens is 2. The smallest absolute Gasteiger partial charge is 0.251 e. The molecule has 0 saturated carbocycles. The summed E-state index contributed by atoms with van der Waals surface area (Å²) in [6, 6.07) is 10.6. The number of hydrogen-bond acceptors (Lipinski definition) is 7. The molecule has 0 bridgehead atoms. The Kier molecular flexibility index (Phi) is 6.55. The highest BCUT2D eigenvalue weighted by Gasteiger charge is 2.24. The van der Waals surface area contributed by atoms with E-state index in [1.54, 1.807) is 16.8 Å². The number of amides is 1. The molecule has 1 aromatic carbocycles. The quantitative estimate of drug-likeness (QED) is 0.284. The van der Waals surface area contributed by atoms with Crippen molar-refractivity contribution >= 4 is 33.9 Å². The number of thiophene rings is 1. The summed E-state index contributed by atoms with van der Waals surface area (Å²) in [5, 5.41) is 20.8. The van der Waals surface area contributed by atoms with E-state index in [1.165, 1.54) is 19.9 Å². The molecule has 0 aliphatic heterocycles. The minimum absolute atomic E-state index is 0.0779. The van der Waals surface area contributed by atoms with Gasteiger partial charge in [0.05, 0.1) is 29.0 Å². The number of nitrogens with zero attached hydrogens (tertiary/aromatic N) is 3. The van der Waals surface area contributed by atoms with Crippen molar-refractivity contribution in [2.24, 2.45) is 12.8 Å². The second-order valence-electron chi connectivity index (χ2n) is 8.46. The Morgan fingerprint density at radius 1 is 1.17 bits per heavy atom. The predicted octanol–water partition coefficient (Wildman–Crippen LogP) is 4.50. The number of hydrogen-bond donors (Lipinski definition) is 4. The van der Waals surface area contributed by atoms with E-state index >= 15 is 0 Å². The molecule has 0 aliphatic rings. The standard InChI is InChI=1S/C24H24F2N6O2S/c1-24(2,34)13-9-16(25)21(17(26)10-13)18-11-15(22(27)33)23(35-18)30-20-6-4-5-14(29-20)12-28-19-7-8-32(3)31-19/h4-11,34H,12H2,1-3H3,(H2,27,33)(H,28,31)(H,29,30). The molecule has 1 amide bonds. The van der Waals surface area contributed by atoms with E-state index in [2.05, 4.69) is 20.7 Å². The number of aliphatic hydroxyl groups is 1. The van der Waals surface area contributed by atoms with E-state index < -0.39 is 23.1 Å². The number of aryl methyl sites for hydroxylation is 1. The summed E-state index contributed by atoms with van der Waals surface area (Å²) >= 11 is 0.973. The second kappa shape index (κ2) is 9.43. The van der Waals surface area contributed by atoms with Crippen LogP contribution in [0.25, 0.3) is 10.4 Å². The maximum Gasteiger partial charge on any atom is 0.251 e. The van der Waals surface area contributed by atoms with Gasteiger partial charge in [0.25, 0.3) is 5.91 Å². The molecular formula is C24H24F2N6O2S. The van der Waals surface area contributed by atoms with Crippen molar-refractivity contribution in [2.75, 3.05) is 10.6 Å². The maximum atomic E-state index is 14.9. The van der Waals surface area contributed by atoms with Crippen molar-refractivity contribution < 1.29 is 18.7 Å². The Balaban J connectivity index is 1.61. The summed E-state index contributed by atoms with van der Waals surface area (Å²) in [5.74, 6) is -1.33. The Morgan fingerprint density at radius 3 is 2.49 bits per heavy atom. The molecule has 0 radical (unpaired) electrons. The van der Waals surface area contributed by atoms with Crippen LogP contribution in [0.2, 0.25) is 0 Å². The van der Waals surface area contributed by atoms with E-state index in [9.17, 15) is 18.7 Å². The molecule has 8 nitrogen and oxygen atoms in total. The van der Waals surface area contributed by atoms with Gasteiger partial charge < -0.3 is 21.5 Å². The fourth-order valence-corrected chi connectivity index (χ4v) is 4.53. The number of nitrogens with one attached hydrogen (secondary N) is 2. The van der Waals surface area contributed by atoms with Crippen LogP contribution in [-0.4, -0.2) is 25.8 Å². The summed E-state index contributed by atoms with van der Waals surface area (Å²) in [6.07, 6.45) is 1.82. The van der Waals surface area contributed by atoms with Gasteiger partial charge in [-0.1, -0.05) is 6.07 Å². The lowest BCUT2D eigenvalue weighted by atomic mass is 9.96. The number of nitrogens with two attached hydrogens (primary N) is 1. The summed E-state index contributed by atoms with van der Waals surface area (Å²) < 4.78 is 31.4. The SMILES string of the molecule is Cn1ccc(NCc2cccc(Nc3sc(-c4c(F)cc(C(C)(C)O)cc4F)cc3C(N)=O)n2)n1. The zero-order valence-electron chi connectivity index (χ0n) is 19.3. The van der Waals surface area contributed by atoms with Crippen molar-refractivity contribution in [1.82, 2.24) is 14.8 Å². The van der Waals surface area contributed by atoms with Crippen molar-refractivity contribution in [2.45, 2.75) is 26.0 Å². The first-order valence-corrected chi connectivity index (χ1v) is 11.5. The number of pyridine rings is 1. The lowest BCUT2D eigenvalue weighted by molar-refractivity contribution is 0.0778. The average molecular weight is 499 g/mol. The lowest BCUT2D eigenvalue weighted by Gasteiger charge is -2.18. The van der Waals surface area contributed by atoms with Gasteiger partial charge in [0.15, 0.2) is 0 Å². The number of carbonyl (C=O) groups excluding carboxylic acids is 1. The molecule has 3 heterocycles. The highest BCUT2D eigenvalue weighted by molar-refractivity contribution is 7.20. The molecule has 4 aromatic rings. The number of primary amides is 1. The molecule has 11 heteroatoms. The predicted molar refractivity (Wildman–Crippen MR) is 131 cm³/mol. The normalized spacial score (nSPS) is 11.5. The molecule has 0 atom stereocenters. The van der Waals surface area contributed by atoms with Crippen LogP contribution in [0.3, 0.4) is 0 Å². The van der Waals surface area contributed by atoms with Crippen molar-refractivity contribution in [3.05, 3.63) is 77.1 Å². The first-order chi connectivity index (χ1) is 16.5. The highest BCUT2D eigenvalue weighted by Crippen LogP contribution is 2.40. The molecular weight excluding hydrogens is 474 g/mol. The molecule has 3 aromatic heterocycles. The van der Waals surface area contributed by atoms with Crippen LogP contribution >= 0.6 is 11.3 Å². The topological polar surface area (TPSA) is 118 Å². The minimum Gasteiger partial charge on any atom is -0.386 e. The second-order valence-corrected chi connectivity index (χ2v) is 9.51. The summed E-state index contributed by atoms with van der Waals surface area (Å²) in [4.78, 5) is 16.8. The molecule has 0 aliphatic carbocycles. The number of carbonyl (C=O) groups is 1. The summed E-state index contributed by atoms with van der Waals surface area (Å²) in [5.41, 5.74) is 4.69. The number of aromatic nitrogens is 3. The van der Waals surface area contributed by atoms with Gasteiger partial charge >= 0.3 is 0 Å². The van der Waals surface area contributed by atoms with Crippen LogP contribution in [-0.2, 0) is 19.2 Å². The zero-order chi connectivity index (χ0) is 25.3. The van der Waals surface area contributed by atoms with Crippen LogP contribution < -0.4 is 16.4 Å². The molecule has 35 heavy (non-hydrogen) atoms. The molecule has 0 spiro atoms. The zero-order valence-corrected chi connectivity index (χ0v) is 20.1. The van der Waals surface area contributed by atoms with E-state index in [1.807, 2.05) is 25.4 Å². The first kappa shape index (κ1) is 24.3. The van der Waals surface area contributed by atoms with Crippen molar-refractivity contribution in [3.63, 3.8) is 0 Å². The van der Waals surface area contributed by atoms with E-state index in [4.69, 9.17) is 5.73 Å². The largest absolute Gasteiger partial charge is 0.386 e. The third-order valence-corrected chi connectivity index (χ3v) is 6.27. The van der Waals surface area contributed by atoms with Crippen LogP contribution in [0.5, 0.6) is 0 Å². The van der Waals surface area contributed by atoms with Gasteiger partial charge in [0.1, 0.15) is 28.3 Å². The fraction of sp³-hybridized carbons (Fsp3) is 0.208. The molecule has 4 rings (SSSR count). The summed E-state index contributed by atoms with van der Waals surface area (Å²) in [7, 11) is 1.82. The van der Waals surface area contributed by atoms with E-state index in [0.717, 1.165) is 23.5 Å². The Morgan fingerprint density at radius 2 is 1.89 bits per heavy atom. The van der Waals surface area contributed by atoms with Gasteiger partial charge in [-0.2, -0.15) is 5.10 Å².